The van der Waals surface area contributed by atoms with Crippen molar-refractivity contribution in [3.8, 4) is 0 Å². The molecule has 3 rings (SSSR count). The predicted octanol–water partition coefficient (Wildman–Crippen LogP) is 3.43. The average Bonchev–Trinajstić information content (AvgIpc) is 2.64. The summed E-state index contributed by atoms with van der Waals surface area (Å²) in [5, 5.41) is 2.76. The topological polar surface area (TPSA) is 81.2 Å². The van der Waals surface area contributed by atoms with Crippen molar-refractivity contribution >= 4 is 28.6 Å². The quantitative estimate of drug-likeness (QED) is 0.730. The van der Waals surface area contributed by atoms with E-state index >= 15 is 0 Å². The zero-order chi connectivity index (χ0) is 18.7. The first-order valence-electron chi connectivity index (χ1n) is 8.24. The van der Waals surface area contributed by atoms with Crippen LogP contribution in [0.15, 0.2) is 48.8 Å². The Balaban J connectivity index is 1.72. The standard InChI is InChI=1S/C20H19N3O3/c1-12-7-8-15(11-13(12)2)23-19(24)14(3)26-20(25)16-5-4-6-17-18(16)22-10-9-21-17/h4-11,14H,1-3H3,(H,23,24). The smallest absolute Gasteiger partial charge is 0.341 e. The van der Waals surface area contributed by atoms with Gasteiger partial charge in [0.25, 0.3) is 5.91 Å². The van der Waals surface area contributed by atoms with Gasteiger partial charge in [0.05, 0.1) is 11.1 Å². The molecular weight excluding hydrogens is 330 g/mol. The Morgan fingerprint density at radius 3 is 2.58 bits per heavy atom. The lowest BCUT2D eigenvalue weighted by molar-refractivity contribution is -0.123. The van der Waals surface area contributed by atoms with E-state index in [-0.39, 0.29) is 5.56 Å². The summed E-state index contributed by atoms with van der Waals surface area (Å²) in [5.41, 5.74) is 4.19. The van der Waals surface area contributed by atoms with Gasteiger partial charge in [-0.2, -0.15) is 0 Å². The van der Waals surface area contributed by atoms with Crippen molar-refractivity contribution in [1.29, 1.82) is 0 Å². The molecule has 0 aliphatic carbocycles. The van der Waals surface area contributed by atoms with Gasteiger partial charge in [0.15, 0.2) is 6.10 Å². The number of aryl methyl sites for hydroxylation is 2. The number of hydrogen-bond donors (Lipinski definition) is 1. The number of carbonyl (C=O) groups is 2. The van der Waals surface area contributed by atoms with Gasteiger partial charge in [0.2, 0.25) is 0 Å². The van der Waals surface area contributed by atoms with Gasteiger partial charge in [-0.3, -0.25) is 14.8 Å². The van der Waals surface area contributed by atoms with Crippen LogP contribution in [-0.4, -0.2) is 27.9 Å². The number of amides is 1. The van der Waals surface area contributed by atoms with Crippen LogP contribution >= 0.6 is 0 Å². The molecule has 1 aromatic heterocycles. The first-order chi connectivity index (χ1) is 12.5. The number of benzene rings is 2. The third kappa shape index (κ3) is 3.69. The molecule has 0 saturated heterocycles. The predicted molar refractivity (Wildman–Crippen MR) is 99.0 cm³/mol. The van der Waals surface area contributed by atoms with E-state index in [1.54, 1.807) is 24.4 Å². The normalized spacial score (nSPS) is 11.8. The highest BCUT2D eigenvalue weighted by atomic mass is 16.5. The van der Waals surface area contributed by atoms with E-state index in [2.05, 4.69) is 15.3 Å². The Kier molecular flexibility index (Phi) is 4.93. The van der Waals surface area contributed by atoms with Crippen LogP contribution in [0.1, 0.15) is 28.4 Å². The van der Waals surface area contributed by atoms with Crippen molar-refractivity contribution in [2.45, 2.75) is 26.9 Å². The summed E-state index contributed by atoms with van der Waals surface area (Å²) in [4.78, 5) is 33.1. The molecule has 1 atom stereocenters. The Hall–Kier alpha value is -3.28. The molecule has 0 bridgehead atoms. The number of nitrogens with one attached hydrogen (secondary N) is 1. The average molecular weight is 349 g/mol. The van der Waals surface area contributed by atoms with Crippen molar-refractivity contribution in [3.05, 3.63) is 65.5 Å². The maximum absolute atomic E-state index is 12.5. The highest BCUT2D eigenvalue weighted by molar-refractivity contribution is 6.03. The highest BCUT2D eigenvalue weighted by Gasteiger charge is 2.21. The molecule has 132 valence electrons. The number of hydrogen-bond acceptors (Lipinski definition) is 5. The summed E-state index contributed by atoms with van der Waals surface area (Å²) in [6.45, 7) is 5.50. The van der Waals surface area contributed by atoms with Crippen molar-refractivity contribution < 1.29 is 14.3 Å². The van der Waals surface area contributed by atoms with Crippen molar-refractivity contribution in [1.82, 2.24) is 9.97 Å². The van der Waals surface area contributed by atoms with Crippen LogP contribution in [0.25, 0.3) is 11.0 Å². The summed E-state index contributed by atoms with van der Waals surface area (Å²) in [6.07, 6.45) is 2.11. The zero-order valence-electron chi connectivity index (χ0n) is 14.8. The minimum absolute atomic E-state index is 0.279. The second kappa shape index (κ2) is 7.31. The van der Waals surface area contributed by atoms with Gasteiger partial charge in [0.1, 0.15) is 5.52 Å². The second-order valence-electron chi connectivity index (χ2n) is 6.07. The van der Waals surface area contributed by atoms with E-state index in [1.807, 2.05) is 32.0 Å². The molecule has 0 spiro atoms. The number of anilines is 1. The molecule has 2 aromatic carbocycles. The maximum Gasteiger partial charge on any atom is 0.341 e. The van der Waals surface area contributed by atoms with Crippen LogP contribution in [0, 0.1) is 13.8 Å². The molecule has 3 aromatic rings. The van der Waals surface area contributed by atoms with Gasteiger partial charge in [-0.25, -0.2) is 4.79 Å². The van der Waals surface area contributed by atoms with E-state index < -0.39 is 18.0 Å². The third-order valence-electron chi connectivity index (χ3n) is 4.15. The Labute approximate surface area is 151 Å². The number of rotatable bonds is 4. The number of aromatic nitrogens is 2. The lowest BCUT2D eigenvalue weighted by atomic mass is 10.1. The van der Waals surface area contributed by atoms with E-state index in [4.69, 9.17) is 4.74 Å². The number of fused-ring (bicyclic) bond motifs is 1. The first-order valence-corrected chi connectivity index (χ1v) is 8.24. The summed E-state index contributed by atoms with van der Waals surface area (Å²) >= 11 is 0. The van der Waals surface area contributed by atoms with E-state index in [0.29, 0.717) is 16.7 Å². The SMILES string of the molecule is Cc1ccc(NC(=O)C(C)OC(=O)c2cccc3nccnc23)cc1C. The van der Waals surface area contributed by atoms with Gasteiger partial charge >= 0.3 is 5.97 Å². The van der Waals surface area contributed by atoms with E-state index in [9.17, 15) is 9.59 Å². The van der Waals surface area contributed by atoms with Gasteiger partial charge in [-0.05, 0) is 56.2 Å². The molecule has 6 nitrogen and oxygen atoms in total. The Bertz CT molecular complexity index is 980. The van der Waals surface area contributed by atoms with Crippen molar-refractivity contribution in [2.75, 3.05) is 5.32 Å². The first kappa shape index (κ1) is 17.5. The van der Waals surface area contributed by atoms with Crippen LogP contribution in [-0.2, 0) is 9.53 Å². The minimum Gasteiger partial charge on any atom is -0.449 e. The fourth-order valence-corrected chi connectivity index (χ4v) is 2.50. The molecule has 0 saturated carbocycles. The third-order valence-corrected chi connectivity index (χ3v) is 4.15. The largest absolute Gasteiger partial charge is 0.449 e. The van der Waals surface area contributed by atoms with Crippen LogP contribution in [0.3, 0.4) is 0 Å². The molecule has 1 unspecified atom stereocenters. The van der Waals surface area contributed by atoms with E-state index in [0.717, 1.165) is 11.1 Å². The lowest BCUT2D eigenvalue weighted by Gasteiger charge is -2.14. The number of esters is 1. The fourth-order valence-electron chi connectivity index (χ4n) is 2.50. The zero-order valence-corrected chi connectivity index (χ0v) is 14.8. The maximum atomic E-state index is 12.5. The molecule has 1 heterocycles. The van der Waals surface area contributed by atoms with Crippen molar-refractivity contribution in [2.24, 2.45) is 0 Å². The molecule has 6 heteroatoms. The summed E-state index contributed by atoms with van der Waals surface area (Å²) in [5.74, 6) is -1.01. The van der Waals surface area contributed by atoms with Gasteiger partial charge in [-0.1, -0.05) is 12.1 Å². The van der Waals surface area contributed by atoms with Gasteiger partial charge in [0, 0.05) is 18.1 Å². The number of carbonyl (C=O) groups excluding carboxylic acids is 2. The second-order valence-corrected chi connectivity index (χ2v) is 6.07. The summed E-state index contributed by atoms with van der Waals surface area (Å²) in [6, 6.07) is 10.7. The van der Waals surface area contributed by atoms with Crippen LogP contribution in [0.5, 0.6) is 0 Å². The Morgan fingerprint density at radius 1 is 1.04 bits per heavy atom. The molecule has 0 fully saturated rings. The molecule has 0 aliphatic rings. The monoisotopic (exact) mass is 349 g/mol. The molecular formula is C20H19N3O3. The van der Waals surface area contributed by atoms with Gasteiger partial charge < -0.3 is 10.1 Å². The highest BCUT2D eigenvalue weighted by Crippen LogP contribution is 2.17. The number of ether oxygens (including phenoxy) is 1. The van der Waals surface area contributed by atoms with Crippen LogP contribution in [0.4, 0.5) is 5.69 Å². The van der Waals surface area contributed by atoms with Gasteiger partial charge in [-0.15, -0.1) is 0 Å². The Morgan fingerprint density at radius 2 is 1.81 bits per heavy atom. The lowest BCUT2D eigenvalue weighted by Crippen LogP contribution is -2.30. The van der Waals surface area contributed by atoms with Crippen LogP contribution < -0.4 is 5.32 Å². The molecule has 0 radical (unpaired) electrons. The molecule has 1 N–H and O–H groups in total. The van der Waals surface area contributed by atoms with Crippen LogP contribution in [0.2, 0.25) is 0 Å². The fraction of sp³-hybridized carbons (Fsp3) is 0.200. The number of para-hydroxylation sites is 1. The molecule has 1 amide bonds. The summed E-state index contributed by atoms with van der Waals surface area (Å²) in [7, 11) is 0. The minimum atomic E-state index is -0.948. The summed E-state index contributed by atoms with van der Waals surface area (Å²) < 4.78 is 5.31. The molecule has 26 heavy (non-hydrogen) atoms. The number of nitrogens with zero attached hydrogens (tertiary/aromatic N) is 2. The van der Waals surface area contributed by atoms with Crippen molar-refractivity contribution in [3.63, 3.8) is 0 Å². The van der Waals surface area contributed by atoms with E-state index in [1.165, 1.54) is 13.1 Å². The molecule has 0 aliphatic heterocycles.